The van der Waals surface area contributed by atoms with Crippen LogP contribution in [0.4, 0.5) is 9.59 Å². The second-order valence-electron chi connectivity index (χ2n) is 6.36. The molecule has 0 unspecified atom stereocenters. The topological polar surface area (TPSA) is 82.3 Å². The first-order chi connectivity index (χ1) is 7.62. The first-order valence-corrected chi connectivity index (χ1v) is 5.82. The molecule has 0 aliphatic carbocycles. The van der Waals surface area contributed by atoms with Crippen LogP contribution < -0.4 is 33.7 Å². The van der Waals surface area contributed by atoms with Crippen molar-refractivity contribution in [3.63, 3.8) is 0 Å². The molecule has 0 aromatic rings. The number of carbonyl (C=O) groups excluding carboxylic acids is 2. The minimum Gasteiger partial charge on any atom is -1.00 e. The Hall–Kier alpha value is -1.17. The van der Waals surface area contributed by atoms with Gasteiger partial charge in [-0.15, -0.1) is 0 Å². The summed E-state index contributed by atoms with van der Waals surface area (Å²) in [4.78, 5) is 23.4. The van der Waals surface area contributed by atoms with Gasteiger partial charge in [0.25, 0.3) is 0 Å². The van der Waals surface area contributed by atoms with Crippen LogP contribution in [-0.4, -0.2) is 28.8 Å². The number of hydrogen-bond acceptors (Lipinski definition) is 2. The molecular weight excluding hydrogens is 256 g/mol. The van der Waals surface area contributed by atoms with E-state index in [0.717, 1.165) is 0 Å². The molecule has 2 aliphatic rings. The van der Waals surface area contributed by atoms with Gasteiger partial charge >= 0.3 is 12.1 Å². The average molecular weight is 276 g/mol. The summed E-state index contributed by atoms with van der Waals surface area (Å²) in [6.07, 6.45) is 1.31. The lowest BCUT2D eigenvalue weighted by molar-refractivity contribution is -0.0000243. The lowest BCUT2D eigenvalue weighted by Crippen LogP contribution is -3.00. The lowest BCUT2D eigenvalue weighted by atomic mass is 9.79. The highest BCUT2D eigenvalue weighted by Crippen LogP contribution is 2.31. The van der Waals surface area contributed by atoms with E-state index in [1.165, 1.54) is 0 Å². The molecule has 0 aromatic heterocycles. The van der Waals surface area contributed by atoms with Gasteiger partial charge in [-0.3, -0.25) is 0 Å². The second-order valence-corrected chi connectivity index (χ2v) is 6.36. The fourth-order valence-corrected chi connectivity index (χ4v) is 2.98. The lowest BCUT2D eigenvalue weighted by Gasteiger charge is -2.51. The molecule has 104 valence electrons. The van der Waals surface area contributed by atoms with E-state index in [1.807, 2.05) is 27.7 Å². The Kier molecular flexibility index (Phi) is 3.46. The van der Waals surface area contributed by atoms with Crippen molar-refractivity contribution in [2.45, 2.75) is 57.3 Å². The van der Waals surface area contributed by atoms with Crippen molar-refractivity contribution in [3.05, 3.63) is 0 Å². The summed E-state index contributed by atoms with van der Waals surface area (Å²) in [6, 6.07) is -0.474. The summed E-state index contributed by atoms with van der Waals surface area (Å²) < 4.78 is 0. The molecule has 4 amide bonds. The summed E-state index contributed by atoms with van der Waals surface area (Å²) in [5.74, 6) is 0. The molecule has 6 nitrogen and oxygen atoms in total. The summed E-state index contributed by atoms with van der Waals surface area (Å²) in [6.45, 7) is 7.81. The third-order valence-electron chi connectivity index (χ3n) is 3.10. The van der Waals surface area contributed by atoms with E-state index < -0.39 is 5.66 Å². The first-order valence-electron chi connectivity index (χ1n) is 5.82. The molecule has 2 heterocycles. The Balaban J connectivity index is 0.00000162. The Bertz CT molecular complexity index is 345. The van der Waals surface area contributed by atoms with Crippen LogP contribution in [0.5, 0.6) is 0 Å². The van der Waals surface area contributed by atoms with Crippen molar-refractivity contribution >= 4 is 12.1 Å². The summed E-state index contributed by atoms with van der Waals surface area (Å²) >= 11 is 0. The number of halogens is 1. The molecule has 2 aliphatic heterocycles. The zero-order valence-electron chi connectivity index (χ0n) is 11.1. The monoisotopic (exact) mass is 275 g/mol. The van der Waals surface area contributed by atoms with E-state index in [4.69, 9.17) is 0 Å². The van der Waals surface area contributed by atoms with Gasteiger partial charge in [0.15, 0.2) is 0 Å². The zero-order valence-corrected chi connectivity index (χ0v) is 11.9. The number of urea groups is 2. The smallest absolute Gasteiger partial charge is 0.317 e. The average Bonchev–Trinajstić information content (AvgIpc) is 1.90. The molecule has 7 heteroatoms. The summed E-state index contributed by atoms with van der Waals surface area (Å²) in [7, 11) is 0. The third-order valence-corrected chi connectivity index (χ3v) is 3.10. The molecular formula is C11H20ClN4O2-. The molecule has 2 saturated heterocycles. The Morgan fingerprint density at radius 2 is 1.11 bits per heavy atom. The van der Waals surface area contributed by atoms with Crippen LogP contribution in [-0.2, 0) is 0 Å². The van der Waals surface area contributed by atoms with Crippen LogP contribution in [0.15, 0.2) is 0 Å². The van der Waals surface area contributed by atoms with E-state index in [1.54, 1.807) is 0 Å². The molecule has 0 atom stereocenters. The van der Waals surface area contributed by atoms with Gasteiger partial charge in [-0.1, -0.05) is 0 Å². The SMILES string of the molecule is CC1(C)CC2(CC(C)(C)NC(=O)N2)NC(=O)N1.[Cl-]. The third kappa shape index (κ3) is 2.98. The molecule has 2 rings (SSSR count). The van der Waals surface area contributed by atoms with Crippen LogP contribution >= 0.6 is 0 Å². The van der Waals surface area contributed by atoms with Crippen molar-refractivity contribution in [1.29, 1.82) is 0 Å². The van der Waals surface area contributed by atoms with Crippen LogP contribution in [0.3, 0.4) is 0 Å². The Morgan fingerprint density at radius 1 is 0.778 bits per heavy atom. The standard InChI is InChI=1S/C11H20N4O2.ClH/c1-9(2)5-11(14-7(16)12-9)6-10(3,4)13-8(17)15-11;/h5-6H2,1-4H3,(H2,12,14,16)(H2,13,15,17);1H/p-1. The van der Waals surface area contributed by atoms with Gasteiger partial charge in [-0.05, 0) is 27.7 Å². The normalized spacial score (nSPS) is 27.1. The maximum absolute atomic E-state index is 11.7. The Morgan fingerprint density at radius 3 is 1.39 bits per heavy atom. The van der Waals surface area contributed by atoms with E-state index in [2.05, 4.69) is 21.3 Å². The molecule has 0 radical (unpaired) electrons. The van der Waals surface area contributed by atoms with Gasteiger partial charge in [-0.2, -0.15) is 0 Å². The molecule has 4 N–H and O–H groups in total. The predicted octanol–water partition coefficient (Wildman–Crippen LogP) is -2.35. The minimum absolute atomic E-state index is 0. The fraction of sp³-hybridized carbons (Fsp3) is 0.818. The highest BCUT2D eigenvalue weighted by atomic mass is 35.5. The molecule has 2 fully saturated rings. The maximum Gasteiger partial charge on any atom is 0.317 e. The highest BCUT2D eigenvalue weighted by Gasteiger charge is 2.49. The van der Waals surface area contributed by atoms with Gasteiger partial charge in [0, 0.05) is 23.9 Å². The van der Waals surface area contributed by atoms with Crippen LogP contribution in [0.1, 0.15) is 40.5 Å². The van der Waals surface area contributed by atoms with E-state index >= 15 is 0 Å². The van der Waals surface area contributed by atoms with Crippen LogP contribution in [0, 0.1) is 0 Å². The van der Waals surface area contributed by atoms with E-state index in [9.17, 15) is 9.59 Å². The highest BCUT2D eigenvalue weighted by molar-refractivity contribution is 5.81. The van der Waals surface area contributed by atoms with Gasteiger partial charge in [0.2, 0.25) is 0 Å². The zero-order chi connectivity index (χ0) is 12.9. The Labute approximate surface area is 113 Å². The fourth-order valence-electron chi connectivity index (χ4n) is 2.98. The van der Waals surface area contributed by atoms with Gasteiger partial charge in [0.05, 0.1) is 0 Å². The second kappa shape index (κ2) is 4.19. The van der Waals surface area contributed by atoms with Crippen molar-refractivity contribution in [2.75, 3.05) is 0 Å². The van der Waals surface area contributed by atoms with E-state index in [-0.39, 0.29) is 35.5 Å². The first kappa shape index (κ1) is 14.9. The van der Waals surface area contributed by atoms with Gasteiger partial charge < -0.3 is 33.7 Å². The largest absolute Gasteiger partial charge is 1.00 e. The van der Waals surface area contributed by atoms with Gasteiger partial charge in [-0.25, -0.2) is 9.59 Å². The van der Waals surface area contributed by atoms with Gasteiger partial charge in [0.1, 0.15) is 5.66 Å². The number of carbonyl (C=O) groups is 2. The van der Waals surface area contributed by atoms with Crippen molar-refractivity contribution < 1.29 is 22.0 Å². The van der Waals surface area contributed by atoms with Crippen LogP contribution in [0.2, 0.25) is 0 Å². The van der Waals surface area contributed by atoms with Crippen molar-refractivity contribution in [3.8, 4) is 0 Å². The summed E-state index contributed by atoms with van der Waals surface area (Å²) in [5.41, 5.74) is -1.32. The summed E-state index contributed by atoms with van der Waals surface area (Å²) in [5, 5.41) is 11.4. The molecule has 18 heavy (non-hydrogen) atoms. The van der Waals surface area contributed by atoms with Crippen molar-refractivity contribution in [2.24, 2.45) is 0 Å². The predicted molar refractivity (Wildman–Crippen MR) is 63.5 cm³/mol. The van der Waals surface area contributed by atoms with E-state index in [0.29, 0.717) is 12.8 Å². The van der Waals surface area contributed by atoms with Crippen molar-refractivity contribution in [1.82, 2.24) is 21.3 Å². The number of amides is 4. The number of rotatable bonds is 0. The molecule has 0 bridgehead atoms. The van der Waals surface area contributed by atoms with Crippen LogP contribution in [0.25, 0.3) is 0 Å². The molecule has 1 spiro atoms. The molecule has 0 aromatic carbocycles. The quantitative estimate of drug-likeness (QED) is 0.399. The number of nitrogens with one attached hydrogen (secondary N) is 4. The minimum atomic E-state index is -0.655. The molecule has 0 saturated carbocycles. The number of hydrogen-bond donors (Lipinski definition) is 4. The maximum atomic E-state index is 11.7.